The van der Waals surface area contributed by atoms with Crippen LogP contribution in [0.3, 0.4) is 0 Å². The summed E-state index contributed by atoms with van der Waals surface area (Å²) in [6.45, 7) is 3.61. The van der Waals surface area contributed by atoms with Crippen LogP contribution in [0, 0.1) is 5.41 Å². The van der Waals surface area contributed by atoms with Crippen LogP contribution in [0.1, 0.15) is 29.6 Å². The molecule has 0 radical (unpaired) electrons. The standard InChI is InChI=1S/C20H23N3O2/c24-18-16(6-7-17(22-18)15-4-2-1-3-5-15)19(25)23-12-9-20(10-13-23)8-11-21-14-20/h1-7,21H,8-14H2,(H,22,24). The van der Waals surface area contributed by atoms with Crippen molar-refractivity contribution in [2.24, 2.45) is 5.41 Å². The van der Waals surface area contributed by atoms with Crippen LogP contribution in [-0.2, 0) is 0 Å². The average Bonchev–Trinajstić information content (AvgIpc) is 3.10. The molecule has 4 rings (SSSR count). The first-order valence-corrected chi connectivity index (χ1v) is 8.96. The maximum Gasteiger partial charge on any atom is 0.261 e. The largest absolute Gasteiger partial charge is 0.338 e. The van der Waals surface area contributed by atoms with Crippen molar-refractivity contribution < 1.29 is 4.79 Å². The number of aromatic nitrogens is 1. The van der Waals surface area contributed by atoms with Gasteiger partial charge in [-0.15, -0.1) is 0 Å². The number of amides is 1. The van der Waals surface area contributed by atoms with Gasteiger partial charge in [-0.1, -0.05) is 30.3 Å². The van der Waals surface area contributed by atoms with E-state index in [1.807, 2.05) is 41.3 Å². The highest BCUT2D eigenvalue weighted by molar-refractivity contribution is 5.94. The minimum absolute atomic E-state index is 0.151. The van der Waals surface area contributed by atoms with Crippen molar-refractivity contribution in [3.63, 3.8) is 0 Å². The molecule has 3 heterocycles. The number of nitrogens with one attached hydrogen (secondary N) is 2. The molecule has 0 aliphatic carbocycles. The Kier molecular flexibility index (Phi) is 4.17. The summed E-state index contributed by atoms with van der Waals surface area (Å²) in [6, 6.07) is 13.1. The molecule has 1 spiro atoms. The Hall–Kier alpha value is -2.40. The molecule has 0 bridgehead atoms. The number of nitrogens with zero attached hydrogens (tertiary/aromatic N) is 1. The van der Waals surface area contributed by atoms with Crippen molar-refractivity contribution in [2.75, 3.05) is 26.2 Å². The van der Waals surface area contributed by atoms with Gasteiger partial charge in [0, 0.05) is 25.3 Å². The van der Waals surface area contributed by atoms with Gasteiger partial charge in [-0.05, 0) is 48.9 Å². The van der Waals surface area contributed by atoms with Gasteiger partial charge in [-0.25, -0.2) is 0 Å². The predicted molar refractivity (Wildman–Crippen MR) is 97.6 cm³/mol. The van der Waals surface area contributed by atoms with Crippen molar-refractivity contribution in [1.82, 2.24) is 15.2 Å². The molecule has 25 heavy (non-hydrogen) atoms. The number of carbonyl (C=O) groups is 1. The summed E-state index contributed by atoms with van der Waals surface area (Å²) in [5, 5.41) is 3.43. The summed E-state index contributed by atoms with van der Waals surface area (Å²) in [7, 11) is 0. The molecule has 130 valence electrons. The second-order valence-electron chi connectivity index (χ2n) is 7.20. The molecule has 2 saturated heterocycles. The third-order valence-electron chi connectivity index (χ3n) is 5.67. The lowest BCUT2D eigenvalue weighted by molar-refractivity contribution is 0.0606. The van der Waals surface area contributed by atoms with Crippen molar-refractivity contribution in [3.8, 4) is 11.3 Å². The Labute approximate surface area is 147 Å². The molecule has 1 aromatic carbocycles. The zero-order valence-corrected chi connectivity index (χ0v) is 14.3. The molecule has 5 nitrogen and oxygen atoms in total. The Bertz CT molecular complexity index is 812. The lowest BCUT2D eigenvalue weighted by Gasteiger charge is -2.38. The van der Waals surface area contributed by atoms with Gasteiger partial charge in [0.05, 0.1) is 0 Å². The van der Waals surface area contributed by atoms with E-state index in [-0.39, 0.29) is 17.0 Å². The average molecular weight is 337 g/mol. The molecule has 1 aromatic heterocycles. The van der Waals surface area contributed by atoms with E-state index >= 15 is 0 Å². The van der Waals surface area contributed by atoms with E-state index < -0.39 is 0 Å². The Morgan fingerprint density at radius 1 is 1.00 bits per heavy atom. The summed E-state index contributed by atoms with van der Waals surface area (Å²) in [6.07, 6.45) is 3.23. The molecule has 0 unspecified atom stereocenters. The zero-order chi connectivity index (χ0) is 17.3. The minimum Gasteiger partial charge on any atom is -0.338 e. The third-order valence-corrected chi connectivity index (χ3v) is 5.67. The van der Waals surface area contributed by atoms with Gasteiger partial charge in [0.25, 0.3) is 11.5 Å². The smallest absolute Gasteiger partial charge is 0.261 e. The van der Waals surface area contributed by atoms with E-state index in [1.54, 1.807) is 6.07 Å². The summed E-state index contributed by atoms with van der Waals surface area (Å²) in [4.78, 5) is 29.9. The molecule has 0 atom stereocenters. The fourth-order valence-corrected chi connectivity index (χ4v) is 4.00. The number of benzene rings is 1. The van der Waals surface area contributed by atoms with Gasteiger partial charge in [0.15, 0.2) is 0 Å². The first kappa shape index (κ1) is 16.1. The van der Waals surface area contributed by atoms with E-state index in [2.05, 4.69) is 10.3 Å². The van der Waals surface area contributed by atoms with Crippen LogP contribution in [0.15, 0.2) is 47.3 Å². The topological polar surface area (TPSA) is 65.2 Å². The normalized spacial score (nSPS) is 19.3. The number of pyridine rings is 1. The highest BCUT2D eigenvalue weighted by Crippen LogP contribution is 2.37. The Morgan fingerprint density at radius 2 is 1.76 bits per heavy atom. The molecule has 2 aliphatic heterocycles. The van der Waals surface area contributed by atoms with Gasteiger partial charge < -0.3 is 15.2 Å². The Balaban J connectivity index is 1.50. The van der Waals surface area contributed by atoms with Crippen LogP contribution >= 0.6 is 0 Å². The highest BCUT2D eigenvalue weighted by Gasteiger charge is 2.38. The van der Waals surface area contributed by atoms with E-state index in [0.717, 1.165) is 50.3 Å². The monoisotopic (exact) mass is 337 g/mol. The second kappa shape index (κ2) is 6.48. The van der Waals surface area contributed by atoms with Crippen LogP contribution in [-0.4, -0.2) is 42.0 Å². The predicted octanol–water partition coefficient (Wildman–Crippen LogP) is 2.26. The molecule has 2 aliphatic rings. The summed E-state index contributed by atoms with van der Waals surface area (Å²) < 4.78 is 0. The number of H-pyrrole nitrogens is 1. The lowest BCUT2D eigenvalue weighted by Crippen LogP contribution is -2.45. The van der Waals surface area contributed by atoms with E-state index in [1.165, 1.54) is 6.42 Å². The van der Waals surface area contributed by atoms with Crippen LogP contribution in [0.25, 0.3) is 11.3 Å². The molecule has 1 amide bonds. The molecular formula is C20H23N3O2. The maximum atomic E-state index is 12.8. The van der Waals surface area contributed by atoms with Crippen molar-refractivity contribution in [1.29, 1.82) is 0 Å². The molecule has 2 fully saturated rings. The lowest BCUT2D eigenvalue weighted by atomic mass is 9.78. The molecule has 2 aromatic rings. The summed E-state index contributed by atoms with van der Waals surface area (Å²) in [5.74, 6) is -0.151. The van der Waals surface area contributed by atoms with Crippen LogP contribution in [0.4, 0.5) is 0 Å². The van der Waals surface area contributed by atoms with Crippen molar-refractivity contribution in [2.45, 2.75) is 19.3 Å². The molecular weight excluding hydrogens is 314 g/mol. The summed E-state index contributed by atoms with van der Waals surface area (Å²) >= 11 is 0. The van der Waals surface area contributed by atoms with E-state index in [0.29, 0.717) is 5.41 Å². The zero-order valence-electron chi connectivity index (χ0n) is 14.3. The highest BCUT2D eigenvalue weighted by atomic mass is 16.2. The van der Waals surface area contributed by atoms with Crippen molar-refractivity contribution >= 4 is 5.91 Å². The van der Waals surface area contributed by atoms with Crippen LogP contribution in [0.5, 0.6) is 0 Å². The first-order valence-electron chi connectivity index (χ1n) is 8.96. The Morgan fingerprint density at radius 3 is 2.40 bits per heavy atom. The van der Waals surface area contributed by atoms with Crippen LogP contribution in [0.2, 0.25) is 0 Å². The number of hydrogen-bond donors (Lipinski definition) is 2. The molecule has 0 saturated carbocycles. The number of carbonyl (C=O) groups excluding carboxylic acids is 1. The van der Waals surface area contributed by atoms with Gasteiger partial charge in [0.2, 0.25) is 0 Å². The number of hydrogen-bond acceptors (Lipinski definition) is 3. The van der Waals surface area contributed by atoms with Gasteiger partial charge in [-0.2, -0.15) is 0 Å². The number of piperidine rings is 1. The maximum absolute atomic E-state index is 12.8. The number of rotatable bonds is 2. The van der Waals surface area contributed by atoms with E-state index in [4.69, 9.17) is 0 Å². The summed E-state index contributed by atoms with van der Waals surface area (Å²) in [5.41, 5.74) is 1.96. The molecule has 2 N–H and O–H groups in total. The van der Waals surface area contributed by atoms with Crippen LogP contribution < -0.4 is 10.9 Å². The van der Waals surface area contributed by atoms with Crippen molar-refractivity contribution in [3.05, 3.63) is 58.4 Å². The quantitative estimate of drug-likeness (QED) is 0.883. The third kappa shape index (κ3) is 3.12. The van der Waals surface area contributed by atoms with E-state index in [9.17, 15) is 9.59 Å². The fourth-order valence-electron chi connectivity index (χ4n) is 4.00. The van der Waals surface area contributed by atoms with Gasteiger partial charge >= 0.3 is 0 Å². The first-order chi connectivity index (χ1) is 12.2. The van der Waals surface area contributed by atoms with Gasteiger partial charge in [0.1, 0.15) is 5.56 Å². The number of likely N-dealkylation sites (tertiary alicyclic amines) is 1. The van der Waals surface area contributed by atoms with Gasteiger partial charge in [-0.3, -0.25) is 9.59 Å². The fraction of sp³-hybridized carbons (Fsp3) is 0.400. The number of aromatic amines is 1. The SMILES string of the molecule is O=C(c1ccc(-c2ccccc2)[nH]c1=O)N1CCC2(CCNC2)CC1. The minimum atomic E-state index is -0.311. The molecule has 5 heteroatoms. The second-order valence-corrected chi connectivity index (χ2v) is 7.20.